The number of aliphatic hydroxyl groups excluding tert-OH is 1. The number of hydrogen-bond acceptors (Lipinski definition) is 8. The van der Waals surface area contributed by atoms with Crippen molar-refractivity contribution >= 4 is 21.9 Å². The van der Waals surface area contributed by atoms with Crippen LogP contribution in [0.1, 0.15) is 25.5 Å². The fourth-order valence-electron chi connectivity index (χ4n) is 3.38. The number of aliphatic hydroxyl groups is 2. The first kappa shape index (κ1) is 16.5. The molecule has 8 heteroatoms. The molecule has 136 valence electrons. The average Bonchev–Trinajstić information content (AvgIpc) is 2.85. The highest BCUT2D eigenvalue weighted by Gasteiger charge is 2.45. The molecule has 1 aromatic heterocycles. The first-order chi connectivity index (χ1) is 12.1. The Labute approximate surface area is 146 Å². The van der Waals surface area contributed by atoms with Gasteiger partial charge in [0.1, 0.15) is 34.2 Å². The van der Waals surface area contributed by atoms with Gasteiger partial charge in [-0.1, -0.05) is 0 Å². The first-order valence-electron chi connectivity index (χ1n) is 7.85. The maximum atomic E-state index is 13.0. The molecule has 0 saturated heterocycles. The molecular weight excluding hydrogens is 344 g/mol. The van der Waals surface area contributed by atoms with Gasteiger partial charge < -0.3 is 34.7 Å². The van der Waals surface area contributed by atoms with Gasteiger partial charge in [0.15, 0.2) is 17.6 Å². The highest BCUT2D eigenvalue weighted by Crippen LogP contribution is 2.49. The number of fused-ring (bicyclic) bond motifs is 4. The van der Waals surface area contributed by atoms with Crippen molar-refractivity contribution in [3.63, 3.8) is 0 Å². The number of phenolic OH excluding ortho intramolecular Hbond substituents is 3. The molecule has 0 amide bonds. The highest BCUT2D eigenvalue weighted by atomic mass is 16.5. The van der Waals surface area contributed by atoms with Crippen LogP contribution in [0.5, 0.6) is 23.0 Å². The minimum Gasteiger partial charge on any atom is -0.508 e. The van der Waals surface area contributed by atoms with E-state index in [2.05, 4.69) is 0 Å². The largest absolute Gasteiger partial charge is 0.508 e. The minimum atomic E-state index is -1.46. The SMILES string of the molecule is CC(C)(O)[C@@H]1Oc2c(O)cc3oc4cc(O)cc(O)c4c(=O)c3c2[C@H]1O. The molecule has 2 heterocycles. The lowest BCUT2D eigenvalue weighted by Crippen LogP contribution is -2.41. The summed E-state index contributed by atoms with van der Waals surface area (Å²) in [6, 6.07) is 3.31. The summed E-state index contributed by atoms with van der Waals surface area (Å²) in [7, 11) is 0. The quantitative estimate of drug-likeness (QED) is 0.412. The van der Waals surface area contributed by atoms with Crippen LogP contribution in [0.15, 0.2) is 27.4 Å². The summed E-state index contributed by atoms with van der Waals surface area (Å²) in [5, 5.41) is 50.4. The molecule has 8 nitrogen and oxygen atoms in total. The van der Waals surface area contributed by atoms with Crippen LogP contribution in [0.3, 0.4) is 0 Å². The Balaban J connectivity index is 2.14. The fraction of sp³-hybridized carbons (Fsp3) is 0.278. The Bertz CT molecular complexity index is 1120. The van der Waals surface area contributed by atoms with E-state index in [-0.39, 0.29) is 44.8 Å². The number of benzene rings is 2. The third-order valence-corrected chi connectivity index (χ3v) is 4.52. The van der Waals surface area contributed by atoms with Crippen molar-refractivity contribution in [2.24, 2.45) is 0 Å². The van der Waals surface area contributed by atoms with Gasteiger partial charge in [0.2, 0.25) is 5.43 Å². The van der Waals surface area contributed by atoms with Crippen LogP contribution in [-0.4, -0.2) is 37.2 Å². The zero-order valence-electron chi connectivity index (χ0n) is 13.8. The zero-order chi connectivity index (χ0) is 19.0. The van der Waals surface area contributed by atoms with Gasteiger partial charge >= 0.3 is 0 Å². The van der Waals surface area contributed by atoms with E-state index in [1.54, 1.807) is 0 Å². The third kappa shape index (κ3) is 2.12. The maximum absolute atomic E-state index is 13.0. The molecule has 0 fully saturated rings. The predicted octanol–water partition coefficient (Wildman–Crippen LogP) is 1.63. The second kappa shape index (κ2) is 5.03. The molecule has 2 aromatic carbocycles. The van der Waals surface area contributed by atoms with Gasteiger partial charge in [0.05, 0.1) is 11.0 Å². The number of phenols is 3. The zero-order valence-corrected chi connectivity index (χ0v) is 13.8. The number of rotatable bonds is 1. The van der Waals surface area contributed by atoms with E-state index in [4.69, 9.17) is 9.15 Å². The molecule has 5 N–H and O–H groups in total. The molecule has 1 aliphatic heterocycles. The van der Waals surface area contributed by atoms with Crippen LogP contribution in [-0.2, 0) is 0 Å². The molecular formula is C18H16O8. The van der Waals surface area contributed by atoms with Crippen molar-refractivity contribution in [3.8, 4) is 23.0 Å². The summed E-state index contributed by atoms with van der Waals surface area (Å²) in [5.41, 5.74) is -2.26. The lowest BCUT2D eigenvalue weighted by molar-refractivity contribution is -0.0764. The van der Waals surface area contributed by atoms with Crippen LogP contribution in [0.2, 0.25) is 0 Å². The fourth-order valence-corrected chi connectivity index (χ4v) is 3.38. The second-order valence-electron chi connectivity index (χ2n) is 6.92. The number of aromatic hydroxyl groups is 3. The molecule has 0 saturated carbocycles. The maximum Gasteiger partial charge on any atom is 0.204 e. The van der Waals surface area contributed by atoms with E-state index in [1.807, 2.05) is 0 Å². The van der Waals surface area contributed by atoms with Crippen molar-refractivity contribution in [3.05, 3.63) is 34.0 Å². The Hall–Kier alpha value is -2.97. The van der Waals surface area contributed by atoms with Gasteiger partial charge in [-0.3, -0.25) is 4.79 Å². The van der Waals surface area contributed by atoms with Gasteiger partial charge in [0.25, 0.3) is 0 Å². The summed E-state index contributed by atoms with van der Waals surface area (Å²) >= 11 is 0. The summed E-state index contributed by atoms with van der Waals surface area (Å²) < 4.78 is 11.1. The van der Waals surface area contributed by atoms with E-state index in [0.29, 0.717) is 0 Å². The standard InChI is InChI=1S/C18H16O8/c1-18(2,24)17-15(23)13-12-10(5-8(21)16(13)26-17)25-9-4-6(19)3-7(20)11(9)14(12)22/h3-5,15,17,19-21,23-24H,1-2H3/t15-,17-/m1/s1. The third-order valence-electron chi connectivity index (χ3n) is 4.52. The van der Waals surface area contributed by atoms with Crippen LogP contribution < -0.4 is 10.2 Å². The van der Waals surface area contributed by atoms with Crippen molar-refractivity contribution in [2.75, 3.05) is 0 Å². The Morgan fingerprint density at radius 2 is 1.65 bits per heavy atom. The minimum absolute atomic E-state index is 0.0183. The van der Waals surface area contributed by atoms with Crippen LogP contribution in [0, 0.1) is 0 Å². The summed E-state index contributed by atoms with van der Waals surface area (Å²) in [4.78, 5) is 13.0. The normalized spacial score (nSPS) is 19.7. The summed E-state index contributed by atoms with van der Waals surface area (Å²) in [6.07, 6.45) is -2.52. The summed E-state index contributed by atoms with van der Waals surface area (Å²) in [6.45, 7) is 2.86. The van der Waals surface area contributed by atoms with E-state index >= 15 is 0 Å². The molecule has 1 aliphatic rings. The van der Waals surface area contributed by atoms with Crippen molar-refractivity contribution in [2.45, 2.75) is 31.7 Å². The lowest BCUT2D eigenvalue weighted by atomic mass is 9.92. The molecule has 0 spiro atoms. The lowest BCUT2D eigenvalue weighted by Gasteiger charge is -2.27. The molecule has 3 aromatic rings. The van der Waals surface area contributed by atoms with Crippen molar-refractivity contribution in [1.82, 2.24) is 0 Å². The Morgan fingerprint density at radius 1 is 1.00 bits per heavy atom. The highest BCUT2D eigenvalue weighted by molar-refractivity contribution is 5.97. The molecule has 0 aliphatic carbocycles. The van der Waals surface area contributed by atoms with Crippen molar-refractivity contribution < 1.29 is 34.7 Å². The number of hydrogen-bond donors (Lipinski definition) is 5. The van der Waals surface area contributed by atoms with E-state index < -0.39 is 29.0 Å². The molecule has 0 bridgehead atoms. The monoisotopic (exact) mass is 360 g/mol. The van der Waals surface area contributed by atoms with Crippen LogP contribution in [0.25, 0.3) is 21.9 Å². The van der Waals surface area contributed by atoms with Gasteiger partial charge in [-0.05, 0) is 13.8 Å². The summed E-state index contributed by atoms with van der Waals surface area (Å²) in [5.74, 6) is -1.27. The average molecular weight is 360 g/mol. The van der Waals surface area contributed by atoms with Gasteiger partial charge in [-0.2, -0.15) is 0 Å². The molecule has 0 unspecified atom stereocenters. The van der Waals surface area contributed by atoms with E-state index in [0.717, 1.165) is 18.2 Å². The molecule has 2 atom stereocenters. The molecule has 0 radical (unpaired) electrons. The predicted molar refractivity (Wildman–Crippen MR) is 90.7 cm³/mol. The Kier molecular flexibility index (Phi) is 3.19. The smallest absolute Gasteiger partial charge is 0.204 e. The second-order valence-corrected chi connectivity index (χ2v) is 6.92. The Morgan fingerprint density at radius 3 is 2.31 bits per heavy atom. The topological polar surface area (TPSA) is 141 Å². The molecule has 26 heavy (non-hydrogen) atoms. The number of ether oxygens (including phenoxy) is 1. The molecule has 4 rings (SSSR count). The van der Waals surface area contributed by atoms with Gasteiger partial charge in [-0.15, -0.1) is 0 Å². The van der Waals surface area contributed by atoms with E-state index in [9.17, 15) is 30.3 Å². The van der Waals surface area contributed by atoms with Gasteiger partial charge in [-0.25, -0.2) is 0 Å². The van der Waals surface area contributed by atoms with Crippen LogP contribution >= 0.6 is 0 Å². The van der Waals surface area contributed by atoms with Crippen LogP contribution in [0.4, 0.5) is 0 Å². The van der Waals surface area contributed by atoms with Crippen molar-refractivity contribution in [1.29, 1.82) is 0 Å². The first-order valence-corrected chi connectivity index (χ1v) is 7.85. The van der Waals surface area contributed by atoms with Gasteiger partial charge in [0, 0.05) is 23.8 Å². The van der Waals surface area contributed by atoms with E-state index in [1.165, 1.54) is 13.8 Å².